The minimum Gasteiger partial charge on any atom is -0.493 e. The molecule has 1 aromatic heterocycles. The van der Waals surface area contributed by atoms with Crippen molar-refractivity contribution in [3.63, 3.8) is 0 Å². The van der Waals surface area contributed by atoms with Gasteiger partial charge in [0.2, 0.25) is 11.0 Å². The van der Waals surface area contributed by atoms with E-state index in [1.54, 1.807) is 14.2 Å². The van der Waals surface area contributed by atoms with Crippen LogP contribution in [-0.2, 0) is 17.6 Å². The maximum Gasteiger partial charge on any atom is 0.226 e. The van der Waals surface area contributed by atoms with E-state index in [4.69, 9.17) is 9.47 Å². The van der Waals surface area contributed by atoms with Crippen molar-refractivity contribution in [2.75, 3.05) is 19.5 Å². The lowest BCUT2D eigenvalue weighted by molar-refractivity contribution is -0.116. The number of hydrogen-bond acceptors (Lipinski definition) is 6. The molecule has 1 heterocycles. The van der Waals surface area contributed by atoms with Gasteiger partial charge in [0.15, 0.2) is 11.5 Å². The molecule has 23 heavy (non-hydrogen) atoms. The van der Waals surface area contributed by atoms with Gasteiger partial charge in [-0.2, -0.15) is 0 Å². The number of anilines is 1. The molecule has 0 spiro atoms. The van der Waals surface area contributed by atoms with E-state index in [9.17, 15) is 4.79 Å². The Bertz CT molecular complexity index is 658. The van der Waals surface area contributed by atoms with Gasteiger partial charge in [0.25, 0.3) is 0 Å². The summed E-state index contributed by atoms with van der Waals surface area (Å²) in [5.41, 5.74) is 1.02. The van der Waals surface area contributed by atoms with E-state index >= 15 is 0 Å². The van der Waals surface area contributed by atoms with Crippen molar-refractivity contribution in [3.05, 3.63) is 28.8 Å². The van der Waals surface area contributed by atoms with Crippen LogP contribution in [-0.4, -0.2) is 30.3 Å². The molecule has 2 rings (SSSR count). The number of ether oxygens (including phenoxy) is 2. The molecule has 1 N–H and O–H groups in total. The summed E-state index contributed by atoms with van der Waals surface area (Å²) in [5.74, 6) is 1.27. The Morgan fingerprint density at radius 3 is 2.65 bits per heavy atom. The molecule has 1 aromatic carbocycles. The largest absolute Gasteiger partial charge is 0.493 e. The van der Waals surface area contributed by atoms with Gasteiger partial charge in [0.05, 0.1) is 14.2 Å². The molecule has 0 aliphatic heterocycles. The number of nitrogens with zero attached hydrogens (tertiary/aromatic N) is 2. The number of benzene rings is 1. The van der Waals surface area contributed by atoms with Gasteiger partial charge in [0.1, 0.15) is 5.01 Å². The summed E-state index contributed by atoms with van der Waals surface area (Å²) in [6, 6.07) is 5.66. The lowest BCUT2D eigenvalue weighted by atomic mass is 10.1. The summed E-state index contributed by atoms with van der Waals surface area (Å²) in [6.45, 7) is 2.09. The van der Waals surface area contributed by atoms with E-state index < -0.39 is 0 Å². The molecule has 0 fully saturated rings. The summed E-state index contributed by atoms with van der Waals surface area (Å²) in [7, 11) is 3.19. The minimum absolute atomic E-state index is 0.0704. The fourth-order valence-corrected chi connectivity index (χ4v) is 2.95. The van der Waals surface area contributed by atoms with Crippen LogP contribution in [0, 0.1) is 0 Å². The number of amides is 1. The van der Waals surface area contributed by atoms with E-state index in [0.717, 1.165) is 23.4 Å². The number of aryl methyl sites for hydroxylation is 2. The van der Waals surface area contributed by atoms with Crippen molar-refractivity contribution in [2.45, 2.75) is 32.6 Å². The van der Waals surface area contributed by atoms with Crippen molar-refractivity contribution >= 4 is 22.4 Å². The molecule has 6 nitrogen and oxygen atoms in total. The number of nitrogens with one attached hydrogen (secondary N) is 1. The second-order valence-corrected chi connectivity index (χ2v) is 6.05. The van der Waals surface area contributed by atoms with Crippen molar-refractivity contribution in [3.8, 4) is 11.5 Å². The fourth-order valence-electron chi connectivity index (χ4n) is 2.09. The summed E-state index contributed by atoms with van der Waals surface area (Å²) < 4.78 is 10.5. The number of rotatable bonds is 8. The van der Waals surface area contributed by atoms with Crippen LogP contribution >= 0.6 is 11.3 Å². The maximum absolute atomic E-state index is 12.0. The van der Waals surface area contributed by atoms with Crippen LogP contribution in [0.1, 0.15) is 30.3 Å². The molecule has 124 valence electrons. The molecule has 0 aliphatic rings. The third kappa shape index (κ3) is 4.92. The highest BCUT2D eigenvalue weighted by Crippen LogP contribution is 2.28. The Balaban J connectivity index is 1.88. The molecule has 1 amide bonds. The molecule has 0 bridgehead atoms. The predicted molar refractivity (Wildman–Crippen MR) is 90.4 cm³/mol. The molecule has 0 saturated carbocycles. The van der Waals surface area contributed by atoms with E-state index in [2.05, 4.69) is 22.4 Å². The quantitative estimate of drug-likeness (QED) is 0.802. The van der Waals surface area contributed by atoms with Crippen molar-refractivity contribution in [1.29, 1.82) is 0 Å². The van der Waals surface area contributed by atoms with E-state index in [1.165, 1.54) is 11.3 Å². The van der Waals surface area contributed by atoms with Crippen LogP contribution in [0.15, 0.2) is 18.2 Å². The third-order valence-electron chi connectivity index (χ3n) is 3.27. The Morgan fingerprint density at radius 2 is 1.96 bits per heavy atom. The number of carbonyl (C=O) groups excluding carboxylic acids is 1. The van der Waals surface area contributed by atoms with Gasteiger partial charge in [-0.3, -0.25) is 4.79 Å². The molecule has 0 saturated heterocycles. The Hall–Kier alpha value is -2.15. The van der Waals surface area contributed by atoms with Crippen LogP contribution in [0.25, 0.3) is 0 Å². The zero-order chi connectivity index (χ0) is 16.7. The summed E-state index contributed by atoms with van der Waals surface area (Å²) in [5, 5.41) is 12.3. The van der Waals surface area contributed by atoms with Crippen LogP contribution in [0.4, 0.5) is 5.13 Å². The first-order chi connectivity index (χ1) is 11.2. The zero-order valence-electron chi connectivity index (χ0n) is 13.6. The second kappa shape index (κ2) is 8.47. The normalized spacial score (nSPS) is 10.4. The smallest absolute Gasteiger partial charge is 0.226 e. The molecule has 2 aromatic rings. The molecule has 0 atom stereocenters. The number of aromatic nitrogens is 2. The SMILES string of the molecule is CCCc1nnc(NC(=O)CCc2ccc(OC)c(OC)c2)s1. The van der Waals surface area contributed by atoms with Gasteiger partial charge in [-0.15, -0.1) is 10.2 Å². The average Bonchev–Trinajstić information content (AvgIpc) is 3.00. The lowest BCUT2D eigenvalue weighted by Crippen LogP contribution is -2.12. The molecule has 0 unspecified atom stereocenters. The maximum atomic E-state index is 12.0. The molecule has 0 radical (unpaired) electrons. The summed E-state index contributed by atoms with van der Waals surface area (Å²) in [6.07, 6.45) is 2.89. The highest BCUT2D eigenvalue weighted by molar-refractivity contribution is 7.15. The average molecular weight is 335 g/mol. The van der Waals surface area contributed by atoms with E-state index in [1.807, 2.05) is 18.2 Å². The minimum atomic E-state index is -0.0704. The first-order valence-electron chi connectivity index (χ1n) is 7.49. The van der Waals surface area contributed by atoms with Gasteiger partial charge >= 0.3 is 0 Å². The van der Waals surface area contributed by atoms with Crippen molar-refractivity contribution in [2.24, 2.45) is 0 Å². The Morgan fingerprint density at radius 1 is 1.17 bits per heavy atom. The van der Waals surface area contributed by atoms with E-state index in [0.29, 0.717) is 29.5 Å². The Kier molecular flexibility index (Phi) is 6.34. The van der Waals surface area contributed by atoms with Crippen LogP contribution < -0.4 is 14.8 Å². The molecular formula is C16H21N3O3S. The summed E-state index contributed by atoms with van der Waals surface area (Å²) >= 11 is 1.43. The van der Waals surface area contributed by atoms with Crippen LogP contribution in [0.5, 0.6) is 11.5 Å². The van der Waals surface area contributed by atoms with Gasteiger partial charge < -0.3 is 14.8 Å². The molecule has 7 heteroatoms. The first kappa shape index (κ1) is 17.2. The monoisotopic (exact) mass is 335 g/mol. The highest BCUT2D eigenvalue weighted by Gasteiger charge is 2.09. The van der Waals surface area contributed by atoms with Crippen LogP contribution in [0.3, 0.4) is 0 Å². The number of hydrogen-bond donors (Lipinski definition) is 1. The van der Waals surface area contributed by atoms with Gasteiger partial charge in [-0.25, -0.2) is 0 Å². The van der Waals surface area contributed by atoms with Crippen molar-refractivity contribution in [1.82, 2.24) is 10.2 Å². The zero-order valence-corrected chi connectivity index (χ0v) is 14.4. The predicted octanol–water partition coefficient (Wildman–Crippen LogP) is 3.08. The fraction of sp³-hybridized carbons (Fsp3) is 0.438. The van der Waals surface area contributed by atoms with E-state index in [-0.39, 0.29) is 5.91 Å². The lowest BCUT2D eigenvalue weighted by Gasteiger charge is -2.09. The molecule has 0 aliphatic carbocycles. The third-order valence-corrected chi connectivity index (χ3v) is 4.16. The van der Waals surface area contributed by atoms with Crippen molar-refractivity contribution < 1.29 is 14.3 Å². The number of carbonyl (C=O) groups is 1. The van der Waals surface area contributed by atoms with Gasteiger partial charge in [0, 0.05) is 12.8 Å². The topological polar surface area (TPSA) is 73.3 Å². The van der Waals surface area contributed by atoms with Gasteiger partial charge in [-0.1, -0.05) is 24.3 Å². The molecular weight excluding hydrogens is 314 g/mol. The second-order valence-electron chi connectivity index (χ2n) is 4.99. The first-order valence-corrected chi connectivity index (χ1v) is 8.31. The summed E-state index contributed by atoms with van der Waals surface area (Å²) in [4.78, 5) is 12.0. The van der Waals surface area contributed by atoms with Gasteiger partial charge in [-0.05, 0) is 30.5 Å². The standard InChI is InChI=1S/C16H21N3O3S/c1-4-5-15-18-19-16(23-15)17-14(20)9-7-11-6-8-12(21-2)13(10-11)22-3/h6,8,10H,4-5,7,9H2,1-3H3,(H,17,19,20). The Labute approximate surface area is 139 Å². The number of methoxy groups -OCH3 is 2. The van der Waals surface area contributed by atoms with Crippen LogP contribution in [0.2, 0.25) is 0 Å². The highest BCUT2D eigenvalue weighted by atomic mass is 32.1.